The van der Waals surface area contributed by atoms with E-state index in [4.69, 9.17) is 4.78 Å². The molecule has 0 saturated heterocycles. The van der Waals surface area contributed by atoms with Gasteiger partial charge in [0, 0.05) is 35.5 Å². The average molecular weight is 454 g/mol. The highest BCUT2D eigenvalue weighted by atomic mass is 32.2. The van der Waals surface area contributed by atoms with E-state index in [-0.39, 0.29) is 17.3 Å². The van der Waals surface area contributed by atoms with Gasteiger partial charge in [-0.25, -0.2) is 13.4 Å². The highest BCUT2D eigenvalue weighted by molar-refractivity contribution is 7.92. The third-order valence-electron chi connectivity index (χ3n) is 5.55. The van der Waals surface area contributed by atoms with Crippen molar-refractivity contribution in [3.05, 3.63) is 77.4 Å². The van der Waals surface area contributed by atoms with Crippen molar-refractivity contribution in [1.29, 1.82) is 4.78 Å². The Morgan fingerprint density at radius 3 is 2.31 bits per heavy atom. The molecule has 1 unspecified atom stereocenters. The lowest BCUT2D eigenvalue weighted by molar-refractivity contribution is -0.118. The van der Waals surface area contributed by atoms with Gasteiger partial charge >= 0.3 is 0 Å². The van der Waals surface area contributed by atoms with Gasteiger partial charge in [0.2, 0.25) is 5.91 Å². The van der Waals surface area contributed by atoms with Crippen molar-refractivity contribution in [2.24, 2.45) is 0 Å². The van der Waals surface area contributed by atoms with Gasteiger partial charge in [-0.3, -0.25) is 9.78 Å². The minimum atomic E-state index is -2.97. The molecule has 2 aromatic carbocycles. The largest absolute Gasteiger partial charge is 0.313 e. The summed E-state index contributed by atoms with van der Waals surface area (Å²) in [7, 11) is -1.42. The van der Waals surface area contributed by atoms with Crippen LogP contribution >= 0.6 is 0 Å². The van der Waals surface area contributed by atoms with Crippen molar-refractivity contribution in [3.63, 3.8) is 0 Å². The first kappa shape index (κ1) is 23.6. The molecular formula is C25H28FN3O2S. The van der Waals surface area contributed by atoms with Crippen LogP contribution in [0.2, 0.25) is 0 Å². The third kappa shape index (κ3) is 5.22. The summed E-state index contributed by atoms with van der Waals surface area (Å²) in [6, 6.07) is 15.4. The molecule has 1 atom stereocenters. The van der Waals surface area contributed by atoms with E-state index in [0.717, 1.165) is 22.5 Å². The van der Waals surface area contributed by atoms with E-state index in [9.17, 15) is 13.4 Å². The Balaban J connectivity index is 1.76. The fourth-order valence-electron chi connectivity index (χ4n) is 3.55. The Morgan fingerprint density at radius 1 is 1.06 bits per heavy atom. The number of rotatable bonds is 7. The normalized spacial score (nSPS) is 12.9. The van der Waals surface area contributed by atoms with Crippen molar-refractivity contribution < 1.29 is 13.4 Å². The standard InChI is InChI=1S/C25H28FN3O2S/c1-5-25(30)29(4)24-13-10-21(16-23(24)26)20-8-11-22(12-9-20)32(27,31)15-14-19-7-6-17(2)28-18(19)3/h6-13,16,27H,5,14-15H2,1-4H3. The summed E-state index contributed by atoms with van der Waals surface area (Å²) in [5.41, 5.74) is 4.45. The van der Waals surface area contributed by atoms with E-state index in [1.54, 1.807) is 50.4 Å². The lowest BCUT2D eigenvalue weighted by Crippen LogP contribution is -2.25. The van der Waals surface area contributed by atoms with Gasteiger partial charge in [0.15, 0.2) is 0 Å². The van der Waals surface area contributed by atoms with Gasteiger partial charge in [0.1, 0.15) is 5.82 Å². The lowest BCUT2D eigenvalue weighted by atomic mass is 10.0. The fraction of sp³-hybridized carbons (Fsp3) is 0.280. The van der Waals surface area contributed by atoms with Gasteiger partial charge in [-0.2, -0.15) is 0 Å². The van der Waals surface area contributed by atoms with Crippen molar-refractivity contribution in [3.8, 4) is 11.1 Å². The van der Waals surface area contributed by atoms with Gasteiger partial charge in [0.25, 0.3) is 0 Å². The Kier molecular flexibility index (Phi) is 7.09. The first-order valence-electron chi connectivity index (χ1n) is 10.5. The molecule has 0 bridgehead atoms. The molecule has 1 aromatic heterocycles. The first-order chi connectivity index (χ1) is 15.1. The minimum absolute atomic E-state index is 0.164. The third-order valence-corrected chi connectivity index (χ3v) is 7.36. The molecule has 0 saturated carbocycles. The number of aromatic nitrogens is 1. The quantitative estimate of drug-likeness (QED) is 0.511. The molecule has 1 heterocycles. The van der Waals surface area contributed by atoms with Crippen molar-refractivity contribution in [1.82, 2.24) is 4.98 Å². The molecule has 0 aliphatic rings. The van der Waals surface area contributed by atoms with Crippen LogP contribution in [-0.2, 0) is 20.9 Å². The number of carbonyl (C=O) groups is 1. The first-order valence-corrected chi connectivity index (χ1v) is 12.2. The Bertz CT molecular complexity index is 1240. The summed E-state index contributed by atoms with van der Waals surface area (Å²) in [6.45, 7) is 5.58. The monoisotopic (exact) mass is 453 g/mol. The molecule has 0 spiro atoms. The molecule has 0 aliphatic carbocycles. The molecular weight excluding hydrogens is 425 g/mol. The predicted octanol–water partition coefficient (Wildman–Crippen LogP) is 5.53. The highest BCUT2D eigenvalue weighted by Crippen LogP contribution is 2.28. The number of hydrogen-bond acceptors (Lipinski definition) is 4. The molecule has 7 heteroatoms. The van der Waals surface area contributed by atoms with Crippen LogP contribution in [0.3, 0.4) is 0 Å². The lowest BCUT2D eigenvalue weighted by Gasteiger charge is -2.18. The average Bonchev–Trinajstić information content (AvgIpc) is 2.77. The van der Waals surface area contributed by atoms with Crippen LogP contribution in [0.5, 0.6) is 0 Å². The second-order valence-electron chi connectivity index (χ2n) is 7.82. The van der Waals surface area contributed by atoms with Crippen LogP contribution in [0.25, 0.3) is 11.1 Å². The smallest absolute Gasteiger partial charge is 0.226 e. The molecule has 5 nitrogen and oxygen atoms in total. The maximum atomic E-state index is 14.6. The fourth-order valence-corrected chi connectivity index (χ4v) is 4.87. The van der Waals surface area contributed by atoms with Crippen molar-refractivity contribution in [2.45, 2.75) is 38.5 Å². The second kappa shape index (κ2) is 9.61. The van der Waals surface area contributed by atoms with E-state index >= 15 is 0 Å². The van der Waals surface area contributed by atoms with Crippen molar-refractivity contribution >= 4 is 21.3 Å². The summed E-state index contributed by atoms with van der Waals surface area (Å²) in [5, 5.41) is 0. The van der Waals surface area contributed by atoms with E-state index in [1.807, 2.05) is 26.0 Å². The molecule has 0 aliphatic heterocycles. The van der Waals surface area contributed by atoms with Crippen LogP contribution in [0, 0.1) is 24.4 Å². The molecule has 0 radical (unpaired) electrons. The van der Waals surface area contributed by atoms with Crippen LogP contribution in [0.4, 0.5) is 10.1 Å². The van der Waals surface area contributed by atoms with E-state index < -0.39 is 15.5 Å². The molecule has 0 fully saturated rings. The van der Waals surface area contributed by atoms with E-state index in [2.05, 4.69) is 4.98 Å². The van der Waals surface area contributed by atoms with Crippen LogP contribution < -0.4 is 4.90 Å². The van der Waals surface area contributed by atoms with E-state index in [1.165, 1.54) is 11.0 Å². The van der Waals surface area contributed by atoms with Gasteiger partial charge in [0.05, 0.1) is 15.4 Å². The maximum Gasteiger partial charge on any atom is 0.226 e. The number of aryl methyl sites for hydroxylation is 3. The van der Waals surface area contributed by atoms with Gasteiger partial charge in [-0.15, -0.1) is 0 Å². The van der Waals surface area contributed by atoms with Crippen LogP contribution in [-0.4, -0.2) is 27.9 Å². The number of carbonyl (C=O) groups excluding carboxylic acids is 1. The van der Waals surface area contributed by atoms with Gasteiger partial charge in [-0.1, -0.05) is 31.2 Å². The number of nitrogens with zero attached hydrogens (tertiary/aromatic N) is 2. The molecule has 1 N–H and O–H groups in total. The SMILES string of the molecule is CCC(=O)N(C)c1ccc(-c2ccc(S(=N)(=O)CCc3ccc(C)nc3C)cc2)cc1F. The minimum Gasteiger partial charge on any atom is -0.313 e. The Labute approximate surface area is 189 Å². The predicted molar refractivity (Wildman–Crippen MR) is 127 cm³/mol. The van der Waals surface area contributed by atoms with Crippen LogP contribution in [0.1, 0.15) is 30.3 Å². The number of halogens is 1. The zero-order chi connectivity index (χ0) is 23.5. The number of pyridine rings is 1. The Morgan fingerprint density at radius 2 is 1.72 bits per heavy atom. The topological polar surface area (TPSA) is 74.1 Å². The molecule has 32 heavy (non-hydrogen) atoms. The maximum absolute atomic E-state index is 14.6. The number of amides is 1. The number of benzene rings is 2. The highest BCUT2D eigenvalue weighted by Gasteiger charge is 2.15. The zero-order valence-electron chi connectivity index (χ0n) is 18.8. The van der Waals surface area contributed by atoms with Gasteiger partial charge in [-0.05, 0) is 67.3 Å². The summed E-state index contributed by atoms with van der Waals surface area (Å²) in [4.78, 5) is 18.0. The molecule has 3 rings (SSSR count). The second-order valence-corrected chi connectivity index (χ2v) is 10.1. The molecule has 168 valence electrons. The number of nitrogens with one attached hydrogen (secondary N) is 1. The summed E-state index contributed by atoms with van der Waals surface area (Å²) >= 11 is 0. The van der Waals surface area contributed by atoms with Crippen molar-refractivity contribution in [2.75, 3.05) is 17.7 Å². The summed E-state index contributed by atoms with van der Waals surface area (Å²) in [6.07, 6.45) is 0.811. The van der Waals surface area contributed by atoms with Crippen LogP contribution in [0.15, 0.2) is 59.5 Å². The zero-order valence-corrected chi connectivity index (χ0v) is 19.6. The van der Waals surface area contributed by atoms with E-state index in [0.29, 0.717) is 23.3 Å². The number of anilines is 1. The van der Waals surface area contributed by atoms with Gasteiger partial charge < -0.3 is 4.90 Å². The summed E-state index contributed by atoms with van der Waals surface area (Å²) < 4.78 is 36.0. The Hall–Kier alpha value is -3.06. The molecule has 1 amide bonds. The molecule has 3 aromatic rings. The summed E-state index contributed by atoms with van der Waals surface area (Å²) in [5.74, 6) is -0.441. The number of hydrogen-bond donors (Lipinski definition) is 1.